The zero-order chi connectivity index (χ0) is 37.2. The topological polar surface area (TPSA) is 57.2 Å². The van der Waals surface area contributed by atoms with Crippen LogP contribution in [0.15, 0.2) is 170 Å². The molecule has 6 nitrogen and oxygen atoms in total. The second kappa shape index (κ2) is 14.0. The Labute approximate surface area is 342 Å². The number of ether oxygens (including phenoxy) is 1. The maximum absolute atomic E-state index is 6.58. The van der Waals surface area contributed by atoms with Gasteiger partial charge in [-0.15, -0.1) is 35.4 Å². The van der Waals surface area contributed by atoms with Crippen molar-refractivity contribution in [2.45, 2.75) is 6.92 Å². The van der Waals surface area contributed by atoms with Gasteiger partial charge in [-0.2, -0.15) is 11.2 Å². The van der Waals surface area contributed by atoms with Gasteiger partial charge in [0.15, 0.2) is 5.82 Å². The van der Waals surface area contributed by atoms with E-state index in [0.29, 0.717) is 17.1 Å². The summed E-state index contributed by atoms with van der Waals surface area (Å²) in [6.45, 7) is 2.12. The number of aromatic nitrogens is 5. The van der Waals surface area contributed by atoms with Crippen molar-refractivity contribution >= 4 is 49.3 Å². The average Bonchev–Trinajstić information content (AvgIpc) is 3.84. The fourth-order valence-corrected chi connectivity index (χ4v) is 8.13. The maximum Gasteiger partial charge on any atom is 2.00 e. The molecule has 0 aliphatic rings. The fraction of sp³-hybridized carbons (Fsp3) is 0.0200. The molecule has 0 amide bonds. The van der Waals surface area contributed by atoms with Crippen LogP contribution in [0, 0.1) is 19.1 Å². The number of nitrogens with zero attached hydrogens (tertiary/aromatic N) is 5. The molecular weight excluding hydrogens is 882 g/mol. The monoisotopic (exact) mass is 912 g/mol. The summed E-state index contributed by atoms with van der Waals surface area (Å²) in [5.41, 5.74) is 11.0. The van der Waals surface area contributed by atoms with Gasteiger partial charge >= 0.3 is 21.1 Å². The van der Waals surface area contributed by atoms with E-state index in [9.17, 15) is 0 Å². The van der Waals surface area contributed by atoms with Gasteiger partial charge in [0.2, 0.25) is 0 Å². The summed E-state index contributed by atoms with van der Waals surface area (Å²) in [6, 6.07) is 63.6. The van der Waals surface area contributed by atoms with Crippen LogP contribution in [0.5, 0.6) is 11.5 Å². The van der Waals surface area contributed by atoms with Gasteiger partial charge in [-0.3, -0.25) is 0 Å². The first-order chi connectivity index (χ1) is 27.7. The minimum atomic E-state index is 0. The molecule has 0 spiro atoms. The van der Waals surface area contributed by atoms with Crippen LogP contribution in [0.1, 0.15) is 5.56 Å². The summed E-state index contributed by atoms with van der Waals surface area (Å²) in [7, 11) is 0. The third-order valence-electron chi connectivity index (χ3n) is 10.6. The average molecular weight is 913 g/mol. The standard InChI is InChI=1S/C50H31N5O.Pt/c1-32-24-27-46-43(29-32)40-26-25-37(56-36-18-10-17-35(30-36)54-45-23-9-8-19-41(45)42-22-12-28-51-48(42)54)31-44(40)49-52-53-50(55(46)49)47-38(33-13-4-2-5-14-33)20-11-21-39(47)34-15-6-3-7-16-34;/h2-29H,1H3;/q-2;+2. The van der Waals surface area contributed by atoms with E-state index in [2.05, 4.69) is 143 Å². The van der Waals surface area contributed by atoms with Crippen molar-refractivity contribution in [1.29, 1.82) is 0 Å². The summed E-state index contributed by atoms with van der Waals surface area (Å²) in [5.74, 6) is 1.88. The molecule has 7 heteroatoms. The number of pyridine rings is 2. The summed E-state index contributed by atoms with van der Waals surface area (Å²) >= 11 is 0. The van der Waals surface area contributed by atoms with Gasteiger partial charge in [-0.05, 0) is 58.8 Å². The molecule has 57 heavy (non-hydrogen) atoms. The van der Waals surface area contributed by atoms with Crippen LogP contribution in [0.3, 0.4) is 0 Å². The molecule has 0 radical (unpaired) electrons. The zero-order valence-corrected chi connectivity index (χ0v) is 32.9. The van der Waals surface area contributed by atoms with Crippen LogP contribution < -0.4 is 4.74 Å². The second-order valence-electron chi connectivity index (χ2n) is 14.0. The Kier molecular flexibility index (Phi) is 8.50. The summed E-state index contributed by atoms with van der Waals surface area (Å²) in [4.78, 5) is 4.75. The van der Waals surface area contributed by atoms with Gasteiger partial charge < -0.3 is 13.7 Å². The van der Waals surface area contributed by atoms with Crippen LogP contribution in [-0.2, 0) is 21.1 Å². The number of aryl methyl sites for hydroxylation is 1. The molecule has 7 aromatic carbocycles. The van der Waals surface area contributed by atoms with E-state index in [4.69, 9.17) is 19.9 Å². The van der Waals surface area contributed by atoms with Crippen LogP contribution in [0.25, 0.3) is 88.6 Å². The Morgan fingerprint density at radius 2 is 1.23 bits per heavy atom. The van der Waals surface area contributed by atoms with Crippen molar-refractivity contribution in [3.63, 3.8) is 0 Å². The van der Waals surface area contributed by atoms with E-state index >= 15 is 0 Å². The Morgan fingerprint density at radius 3 is 2.02 bits per heavy atom. The fourth-order valence-electron chi connectivity index (χ4n) is 8.13. The minimum Gasteiger partial charge on any atom is -0.503 e. The molecule has 0 saturated heterocycles. The first kappa shape index (κ1) is 34.6. The third-order valence-corrected chi connectivity index (χ3v) is 10.6. The van der Waals surface area contributed by atoms with Gasteiger partial charge in [0.05, 0.1) is 11.2 Å². The molecule has 0 saturated carbocycles. The number of hydrogen-bond acceptors (Lipinski definition) is 4. The number of rotatable bonds is 6. The van der Waals surface area contributed by atoms with E-state index in [1.54, 1.807) is 0 Å². The Hall–Kier alpha value is -6.88. The van der Waals surface area contributed by atoms with Crippen molar-refractivity contribution in [2.24, 2.45) is 0 Å². The van der Waals surface area contributed by atoms with Gasteiger partial charge in [0.1, 0.15) is 5.65 Å². The number of fused-ring (bicyclic) bond motifs is 9. The summed E-state index contributed by atoms with van der Waals surface area (Å²) in [6.07, 6.45) is 1.83. The van der Waals surface area contributed by atoms with E-state index in [-0.39, 0.29) is 21.1 Å². The predicted octanol–water partition coefficient (Wildman–Crippen LogP) is 12.2. The van der Waals surface area contributed by atoms with Crippen molar-refractivity contribution in [3.05, 3.63) is 188 Å². The number of para-hydroxylation sites is 1. The summed E-state index contributed by atoms with van der Waals surface area (Å²) < 4.78 is 10.9. The molecule has 4 aromatic heterocycles. The molecule has 0 fully saturated rings. The molecule has 0 bridgehead atoms. The first-order valence-electron chi connectivity index (χ1n) is 18.6. The van der Waals surface area contributed by atoms with Crippen LogP contribution >= 0.6 is 0 Å². The maximum atomic E-state index is 6.58. The van der Waals surface area contributed by atoms with Gasteiger partial charge in [0, 0.05) is 39.5 Å². The van der Waals surface area contributed by atoms with E-state index in [1.807, 2.05) is 54.7 Å². The Morgan fingerprint density at radius 1 is 0.526 bits per heavy atom. The minimum absolute atomic E-state index is 0. The number of hydrogen-bond donors (Lipinski definition) is 0. The van der Waals surface area contributed by atoms with Crippen LogP contribution in [0.4, 0.5) is 0 Å². The number of benzene rings is 7. The zero-order valence-electron chi connectivity index (χ0n) is 30.6. The van der Waals surface area contributed by atoms with Crippen LogP contribution in [-0.4, -0.2) is 24.1 Å². The molecule has 4 heterocycles. The Balaban J connectivity index is 0.00000396. The Bertz CT molecular complexity index is 3190. The third kappa shape index (κ3) is 5.72. The van der Waals surface area contributed by atoms with Crippen molar-refractivity contribution in [3.8, 4) is 50.8 Å². The molecule has 0 aliphatic heterocycles. The van der Waals surface area contributed by atoms with Gasteiger partial charge in [-0.1, -0.05) is 137 Å². The molecule has 0 unspecified atom stereocenters. The van der Waals surface area contributed by atoms with E-state index < -0.39 is 0 Å². The molecule has 272 valence electrons. The van der Waals surface area contributed by atoms with Crippen molar-refractivity contribution in [1.82, 2.24) is 24.1 Å². The molecule has 0 atom stereocenters. The van der Waals surface area contributed by atoms with E-state index in [1.165, 1.54) is 0 Å². The van der Waals surface area contributed by atoms with Gasteiger partial charge in [-0.25, -0.2) is 4.98 Å². The molecule has 11 rings (SSSR count). The van der Waals surface area contributed by atoms with Gasteiger partial charge in [0.25, 0.3) is 0 Å². The molecule has 11 aromatic rings. The molecule has 0 aliphatic carbocycles. The largest absolute Gasteiger partial charge is 2.00 e. The van der Waals surface area contributed by atoms with Crippen LogP contribution in [0.2, 0.25) is 0 Å². The first-order valence-corrected chi connectivity index (χ1v) is 18.6. The normalized spacial score (nSPS) is 11.5. The molecule has 0 N–H and O–H groups in total. The smallest absolute Gasteiger partial charge is 0.503 e. The van der Waals surface area contributed by atoms with E-state index in [0.717, 1.165) is 88.5 Å². The predicted molar refractivity (Wildman–Crippen MR) is 225 cm³/mol. The molecular formula is C50H31N5OPt. The SMILES string of the molecule is Cc1ccc2c(c1)c1ccc(Oc3[c-]c(-n4c5ccccc5c5cccnc54)ccc3)[c-]c1c1nnc(-c3c(-c4ccccc4)cccc3-c3ccccc3)n21.[Pt+2]. The summed E-state index contributed by atoms with van der Waals surface area (Å²) in [5, 5.41) is 15.1. The second-order valence-corrected chi connectivity index (χ2v) is 14.0. The van der Waals surface area contributed by atoms with Crippen molar-refractivity contribution < 1.29 is 25.8 Å². The quantitative estimate of drug-likeness (QED) is 0.123. The van der Waals surface area contributed by atoms with Crippen molar-refractivity contribution in [2.75, 3.05) is 0 Å².